The van der Waals surface area contributed by atoms with E-state index in [1.54, 1.807) is 24.3 Å². The SMILES string of the molecule is C=C(/C=C/C=C1\N(C)c2ccc(C(=O)O)cc2C1(C)Cc1ccccc1)C(C)(Cc1ccccc1)c1cc(C(=O)O)ccc1C. The van der Waals surface area contributed by atoms with Gasteiger partial charge in [-0.3, -0.25) is 0 Å². The summed E-state index contributed by atoms with van der Waals surface area (Å²) in [6, 6.07) is 31.0. The van der Waals surface area contributed by atoms with Gasteiger partial charge in [-0.25, -0.2) is 9.59 Å². The number of carbonyl (C=O) groups is 2. The molecule has 1 aliphatic heterocycles. The monoisotopic (exact) mass is 597 g/mol. The van der Waals surface area contributed by atoms with Crippen LogP contribution in [0.15, 0.2) is 133 Å². The van der Waals surface area contributed by atoms with Gasteiger partial charge in [0, 0.05) is 29.3 Å². The van der Waals surface area contributed by atoms with Gasteiger partial charge in [0.2, 0.25) is 0 Å². The lowest BCUT2D eigenvalue weighted by Gasteiger charge is -2.33. The molecule has 0 saturated heterocycles. The Morgan fingerprint density at radius 1 is 0.867 bits per heavy atom. The fourth-order valence-electron chi connectivity index (χ4n) is 6.70. The third-order valence-corrected chi connectivity index (χ3v) is 9.27. The largest absolute Gasteiger partial charge is 0.478 e. The van der Waals surface area contributed by atoms with Crippen LogP contribution < -0.4 is 4.90 Å². The van der Waals surface area contributed by atoms with Gasteiger partial charge in [0.25, 0.3) is 0 Å². The number of fused-ring (bicyclic) bond motifs is 1. The van der Waals surface area contributed by atoms with Gasteiger partial charge in [0.15, 0.2) is 0 Å². The molecule has 0 saturated carbocycles. The Kier molecular flexibility index (Phi) is 8.65. The number of hydrogen-bond acceptors (Lipinski definition) is 3. The summed E-state index contributed by atoms with van der Waals surface area (Å²) >= 11 is 0. The highest BCUT2D eigenvalue weighted by Crippen LogP contribution is 2.49. The van der Waals surface area contributed by atoms with Gasteiger partial charge in [-0.05, 0) is 96.5 Å². The molecule has 228 valence electrons. The highest BCUT2D eigenvalue weighted by atomic mass is 16.4. The Bertz CT molecular complexity index is 1820. The fourth-order valence-corrected chi connectivity index (χ4v) is 6.70. The Balaban J connectivity index is 1.57. The van der Waals surface area contributed by atoms with Crippen LogP contribution in [0.1, 0.15) is 62.4 Å². The van der Waals surface area contributed by atoms with E-state index in [1.165, 1.54) is 0 Å². The first-order valence-corrected chi connectivity index (χ1v) is 15.1. The quantitative estimate of drug-likeness (QED) is 0.179. The Labute approximate surface area is 265 Å². The Morgan fingerprint density at radius 3 is 2.07 bits per heavy atom. The standard InChI is InChI=1S/C40H39NO4/c1-27-19-20-31(37(42)43)23-33(27)39(3,25-29-14-8-6-9-15-29)28(2)13-12-18-36-40(4,26-30-16-10-7-11-17-30)34-24-32(38(44)45)21-22-35(34)41(36)5/h6-24H,2,25-26H2,1,3-5H3,(H,42,43)(H,44,45)/b13-12+,36-18-. The normalized spacial score (nSPS) is 18.1. The van der Waals surface area contributed by atoms with Crippen LogP contribution in [0.5, 0.6) is 0 Å². The summed E-state index contributed by atoms with van der Waals surface area (Å²) in [6.45, 7) is 10.8. The molecule has 4 aromatic rings. The second-order valence-corrected chi connectivity index (χ2v) is 12.4. The number of carboxylic acids is 2. The second kappa shape index (κ2) is 12.4. The van der Waals surface area contributed by atoms with E-state index in [4.69, 9.17) is 0 Å². The average Bonchev–Trinajstić information content (AvgIpc) is 3.22. The average molecular weight is 598 g/mol. The van der Waals surface area contributed by atoms with Crippen LogP contribution in [0, 0.1) is 6.92 Å². The van der Waals surface area contributed by atoms with Gasteiger partial charge in [-0.15, -0.1) is 0 Å². The maximum absolute atomic E-state index is 11.9. The van der Waals surface area contributed by atoms with E-state index in [0.717, 1.165) is 44.8 Å². The first kappa shape index (κ1) is 31.3. The van der Waals surface area contributed by atoms with Gasteiger partial charge < -0.3 is 15.1 Å². The lowest BCUT2D eigenvalue weighted by molar-refractivity contribution is 0.0686. The first-order valence-electron chi connectivity index (χ1n) is 15.1. The molecule has 0 radical (unpaired) electrons. The van der Waals surface area contributed by atoms with Gasteiger partial charge in [-0.1, -0.05) is 92.4 Å². The van der Waals surface area contributed by atoms with Crippen LogP contribution in [-0.2, 0) is 23.7 Å². The number of carboxylic acid groups (broad SMARTS) is 2. The summed E-state index contributed by atoms with van der Waals surface area (Å²) < 4.78 is 0. The predicted molar refractivity (Wildman–Crippen MR) is 181 cm³/mol. The van der Waals surface area contributed by atoms with E-state index < -0.39 is 22.8 Å². The van der Waals surface area contributed by atoms with Crippen molar-refractivity contribution in [2.45, 2.75) is 44.4 Å². The number of likely N-dealkylation sites (N-methyl/N-ethyl adjacent to an activating group) is 1. The highest BCUT2D eigenvalue weighted by molar-refractivity contribution is 5.90. The van der Waals surface area contributed by atoms with Crippen molar-refractivity contribution in [1.29, 1.82) is 0 Å². The summed E-state index contributed by atoms with van der Waals surface area (Å²) in [5.41, 5.74) is 7.51. The molecule has 0 aliphatic carbocycles. The second-order valence-electron chi connectivity index (χ2n) is 12.4. The number of allylic oxidation sites excluding steroid dienone is 5. The minimum atomic E-state index is -0.961. The van der Waals surface area contributed by atoms with Gasteiger partial charge >= 0.3 is 11.9 Å². The van der Waals surface area contributed by atoms with Crippen molar-refractivity contribution in [3.8, 4) is 0 Å². The molecule has 1 aliphatic rings. The molecule has 0 fully saturated rings. The van der Waals surface area contributed by atoms with E-state index in [0.29, 0.717) is 12.8 Å². The molecular formula is C40H39NO4. The number of nitrogens with zero attached hydrogens (tertiary/aromatic N) is 1. The molecule has 0 aromatic heterocycles. The van der Waals surface area contributed by atoms with Crippen LogP contribution in [0.25, 0.3) is 0 Å². The smallest absolute Gasteiger partial charge is 0.335 e. The fraction of sp³-hybridized carbons (Fsp3) is 0.200. The summed E-state index contributed by atoms with van der Waals surface area (Å²) in [5.74, 6) is -1.91. The zero-order chi connectivity index (χ0) is 32.4. The Hall–Kier alpha value is -5.16. The molecule has 45 heavy (non-hydrogen) atoms. The number of aryl methyl sites for hydroxylation is 1. The van der Waals surface area contributed by atoms with Crippen molar-refractivity contribution in [1.82, 2.24) is 0 Å². The zero-order valence-electron chi connectivity index (χ0n) is 26.2. The summed E-state index contributed by atoms with van der Waals surface area (Å²) in [7, 11) is 2.02. The molecule has 0 spiro atoms. The number of hydrogen-bond donors (Lipinski definition) is 2. The molecule has 2 atom stereocenters. The molecule has 1 heterocycles. The zero-order valence-corrected chi connectivity index (χ0v) is 26.2. The van der Waals surface area contributed by atoms with E-state index >= 15 is 0 Å². The molecule has 0 amide bonds. The minimum Gasteiger partial charge on any atom is -0.478 e. The lowest BCUT2D eigenvalue weighted by atomic mass is 9.70. The third kappa shape index (κ3) is 6.12. The van der Waals surface area contributed by atoms with E-state index in [9.17, 15) is 19.8 Å². The lowest BCUT2D eigenvalue weighted by Crippen LogP contribution is -2.29. The Morgan fingerprint density at radius 2 is 1.44 bits per heavy atom. The maximum Gasteiger partial charge on any atom is 0.335 e. The molecule has 0 bridgehead atoms. The molecule has 2 N–H and O–H groups in total. The van der Waals surface area contributed by atoms with Crippen molar-refractivity contribution < 1.29 is 19.8 Å². The highest BCUT2D eigenvalue weighted by Gasteiger charge is 2.42. The van der Waals surface area contributed by atoms with E-state index in [-0.39, 0.29) is 11.1 Å². The number of anilines is 1. The molecule has 4 aromatic carbocycles. The van der Waals surface area contributed by atoms with Crippen LogP contribution >= 0.6 is 0 Å². The van der Waals surface area contributed by atoms with E-state index in [2.05, 4.69) is 55.7 Å². The summed E-state index contributed by atoms with van der Waals surface area (Å²) in [6.07, 6.45) is 7.47. The topological polar surface area (TPSA) is 77.8 Å². The van der Waals surface area contributed by atoms with Crippen LogP contribution in [-0.4, -0.2) is 29.2 Å². The molecule has 2 unspecified atom stereocenters. The molecule has 5 rings (SSSR count). The maximum atomic E-state index is 11.9. The van der Waals surface area contributed by atoms with Crippen molar-refractivity contribution in [3.05, 3.63) is 172 Å². The van der Waals surface area contributed by atoms with Crippen molar-refractivity contribution >= 4 is 17.6 Å². The van der Waals surface area contributed by atoms with Gasteiger partial charge in [-0.2, -0.15) is 0 Å². The van der Waals surface area contributed by atoms with E-state index in [1.807, 2.05) is 74.7 Å². The minimum absolute atomic E-state index is 0.247. The van der Waals surface area contributed by atoms with Gasteiger partial charge in [0.1, 0.15) is 0 Å². The van der Waals surface area contributed by atoms with Crippen LogP contribution in [0.2, 0.25) is 0 Å². The van der Waals surface area contributed by atoms with Crippen LogP contribution in [0.4, 0.5) is 5.69 Å². The van der Waals surface area contributed by atoms with Crippen LogP contribution in [0.3, 0.4) is 0 Å². The van der Waals surface area contributed by atoms with Crippen molar-refractivity contribution in [3.63, 3.8) is 0 Å². The van der Waals surface area contributed by atoms with Gasteiger partial charge in [0.05, 0.1) is 11.1 Å². The number of aromatic carboxylic acids is 2. The third-order valence-electron chi connectivity index (χ3n) is 9.27. The number of benzene rings is 4. The van der Waals surface area contributed by atoms with Crippen molar-refractivity contribution in [2.24, 2.45) is 0 Å². The first-order chi connectivity index (χ1) is 21.4. The molecule has 5 heteroatoms. The van der Waals surface area contributed by atoms with Crippen molar-refractivity contribution in [2.75, 3.05) is 11.9 Å². The molecular weight excluding hydrogens is 558 g/mol. The predicted octanol–water partition coefficient (Wildman–Crippen LogP) is 8.54. The number of rotatable bonds is 10. The summed E-state index contributed by atoms with van der Waals surface area (Å²) in [4.78, 5) is 26.0. The molecule has 5 nitrogen and oxygen atoms in total. The summed E-state index contributed by atoms with van der Waals surface area (Å²) in [5, 5.41) is 19.5.